The molecule has 2 amide bonds. The van der Waals surface area contributed by atoms with E-state index in [1.165, 1.54) is 6.20 Å². The molecule has 8 heteroatoms. The molecule has 2 heterocycles. The van der Waals surface area contributed by atoms with E-state index in [1.807, 2.05) is 36.4 Å². The number of benzene rings is 2. The van der Waals surface area contributed by atoms with Gasteiger partial charge in [-0.15, -0.1) is 0 Å². The molecule has 0 bridgehead atoms. The number of carbonyl (C=O) groups is 2. The van der Waals surface area contributed by atoms with Crippen LogP contribution in [-0.4, -0.2) is 40.9 Å². The van der Waals surface area contributed by atoms with Crippen LogP contribution >= 0.6 is 0 Å². The van der Waals surface area contributed by atoms with Crippen molar-refractivity contribution in [3.8, 4) is 11.3 Å². The summed E-state index contributed by atoms with van der Waals surface area (Å²) in [5.74, 6) is -0.444. The Morgan fingerprint density at radius 2 is 1.81 bits per heavy atom. The largest absolute Gasteiger partial charge is 0.382 e. The summed E-state index contributed by atoms with van der Waals surface area (Å²) in [6, 6.07) is 16.9. The average molecular weight is 431 g/mol. The Labute approximate surface area is 186 Å². The number of nitrogens with one attached hydrogen (secondary N) is 3. The maximum absolute atomic E-state index is 12.7. The van der Waals surface area contributed by atoms with Crippen LogP contribution in [0.5, 0.6) is 0 Å². The van der Waals surface area contributed by atoms with Crippen molar-refractivity contribution in [3.63, 3.8) is 0 Å². The fourth-order valence-corrected chi connectivity index (χ4v) is 3.62. The molecule has 164 valence electrons. The van der Waals surface area contributed by atoms with E-state index in [4.69, 9.17) is 5.73 Å². The molecule has 1 aromatic heterocycles. The lowest BCUT2D eigenvalue weighted by molar-refractivity contribution is 0.0922. The minimum atomic E-state index is -0.333. The number of rotatable bonds is 6. The van der Waals surface area contributed by atoms with Crippen LogP contribution < -0.4 is 21.7 Å². The van der Waals surface area contributed by atoms with Crippen LogP contribution in [0.15, 0.2) is 60.8 Å². The standard InChI is InChI=1S/C24H26N6O2/c25-22-21(24(32)29-19-9-11-26-12-10-19)30-20(15-27-22)17-7-4-8-18(13-17)23(31)28-14-16-5-2-1-3-6-16/h1-8,13,15,19,26H,9-12,14H2,(H2,25,27)(H,28,31)(H,29,32). The van der Waals surface area contributed by atoms with Gasteiger partial charge in [-0.2, -0.15) is 0 Å². The Hall–Kier alpha value is -3.78. The fraction of sp³-hybridized carbons (Fsp3) is 0.250. The van der Waals surface area contributed by atoms with Crippen molar-refractivity contribution in [3.05, 3.63) is 77.6 Å². The minimum absolute atomic E-state index is 0.0805. The van der Waals surface area contributed by atoms with E-state index in [9.17, 15) is 9.59 Å². The zero-order chi connectivity index (χ0) is 22.3. The summed E-state index contributed by atoms with van der Waals surface area (Å²) in [4.78, 5) is 34.0. The van der Waals surface area contributed by atoms with Crippen molar-refractivity contribution in [1.82, 2.24) is 25.9 Å². The van der Waals surface area contributed by atoms with Crippen LogP contribution in [0.25, 0.3) is 11.3 Å². The zero-order valence-electron chi connectivity index (χ0n) is 17.7. The molecule has 0 aliphatic carbocycles. The smallest absolute Gasteiger partial charge is 0.273 e. The van der Waals surface area contributed by atoms with Crippen molar-refractivity contribution in [1.29, 1.82) is 0 Å². The Morgan fingerprint density at radius 3 is 2.59 bits per heavy atom. The molecule has 4 rings (SSSR count). The van der Waals surface area contributed by atoms with Gasteiger partial charge in [0, 0.05) is 23.7 Å². The number of anilines is 1. The molecular formula is C24H26N6O2. The molecule has 1 saturated heterocycles. The third-order valence-electron chi connectivity index (χ3n) is 5.41. The van der Waals surface area contributed by atoms with Crippen molar-refractivity contribution < 1.29 is 9.59 Å². The first-order valence-corrected chi connectivity index (χ1v) is 10.7. The van der Waals surface area contributed by atoms with Crippen LogP contribution in [0.2, 0.25) is 0 Å². The number of amides is 2. The van der Waals surface area contributed by atoms with E-state index < -0.39 is 0 Å². The highest BCUT2D eigenvalue weighted by molar-refractivity contribution is 5.97. The molecule has 0 atom stereocenters. The van der Waals surface area contributed by atoms with E-state index in [2.05, 4.69) is 25.9 Å². The van der Waals surface area contributed by atoms with Gasteiger partial charge in [0.1, 0.15) is 0 Å². The number of hydrogen-bond donors (Lipinski definition) is 4. The molecule has 1 fully saturated rings. The number of aromatic nitrogens is 2. The topological polar surface area (TPSA) is 122 Å². The maximum Gasteiger partial charge on any atom is 0.273 e. The highest BCUT2D eigenvalue weighted by Crippen LogP contribution is 2.20. The molecule has 0 spiro atoms. The molecule has 8 nitrogen and oxygen atoms in total. The summed E-state index contributed by atoms with van der Waals surface area (Å²) in [5.41, 5.74) is 8.71. The quantitative estimate of drug-likeness (QED) is 0.475. The summed E-state index contributed by atoms with van der Waals surface area (Å²) in [6.45, 7) is 2.17. The second-order valence-electron chi connectivity index (χ2n) is 7.74. The lowest BCUT2D eigenvalue weighted by Crippen LogP contribution is -2.43. The Bertz CT molecular complexity index is 1100. The molecule has 1 aliphatic heterocycles. The minimum Gasteiger partial charge on any atom is -0.382 e. The first-order valence-electron chi connectivity index (χ1n) is 10.7. The van der Waals surface area contributed by atoms with Gasteiger partial charge in [-0.25, -0.2) is 9.97 Å². The van der Waals surface area contributed by atoms with Crippen molar-refractivity contribution in [2.45, 2.75) is 25.4 Å². The summed E-state index contributed by atoms with van der Waals surface area (Å²) in [7, 11) is 0. The number of nitrogens with two attached hydrogens (primary N) is 1. The van der Waals surface area contributed by atoms with Crippen molar-refractivity contribution >= 4 is 17.6 Å². The van der Waals surface area contributed by atoms with Gasteiger partial charge in [-0.3, -0.25) is 9.59 Å². The number of nitrogens with zero attached hydrogens (tertiary/aromatic N) is 2. The van der Waals surface area contributed by atoms with Gasteiger partial charge >= 0.3 is 0 Å². The monoisotopic (exact) mass is 430 g/mol. The Balaban J connectivity index is 1.49. The zero-order valence-corrected chi connectivity index (χ0v) is 17.7. The first-order chi connectivity index (χ1) is 15.6. The SMILES string of the molecule is Nc1ncc(-c2cccc(C(=O)NCc3ccccc3)c2)nc1C(=O)NC1CCNCC1. The molecule has 0 radical (unpaired) electrons. The second-order valence-corrected chi connectivity index (χ2v) is 7.74. The van der Waals surface area contributed by atoms with Crippen LogP contribution in [0.1, 0.15) is 39.3 Å². The van der Waals surface area contributed by atoms with E-state index in [0.717, 1.165) is 31.5 Å². The summed E-state index contributed by atoms with van der Waals surface area (Å²) < 4.78 is 0. The molecule has 0 unspecified atom stereocenters. The van der Waals surface area contributed by atoms with Gasteiger partial charge < -0.3 is 21.7 Å². The second kappa shape index (κ2) is 10.0. The number of carbonyl (C=O) groups excluding carboxylic acids is 2. The highest BCUT2D eigenvalue weighted by atomic mass is 16.2. The predicted octanol–water partition coefficient (Wildman–Crippen LogP) is 2.14. The highest BCUT2D eigenvalue weighted by Gasteiger charge is 2.20. The van der Waals surface area contributed by atoms with E-state index in [0.29, 0.717) is 23.4 Å². The Morgan fingerprint density at radius 1 is 1.03 bits per heavy atom. The number of nitrogen functional groups attached to an aromatic ring is 1. The van der Waals surface area contributed by atoms with E-state index in [1.54, 1.807) is 18.2 Å². The van der Waals surface area contributed by atoms with Gasteiger partial charge in [0.25, 0.3) is 11.8 Å². The van der Waals surface area contributed by atoms with E-state index >= 15 is 0 Å². The lowest BCUT2D eigenvalue weighted by Gasteiger charge is -2.23. The van der Waals surface area contributed by atoms with Gasteiger partial charge in [0.05, 0.1) is 11.9 Å². The fourth-order valence-electron chi connectivity index (χ4n) is 3.62. The first kappa shape index (κ1) is 21.5. The molecule has 0 saturated carbocycles. The van der Waals surface area contributed by atoms with Crippen LogP contribution in [0.3, 0.4) is 0 Å². The van der Waals surface area contributed by atoms with Gasteiger partial charge in [0.15, 0.2) is 11.5 Å². The third-order valence-corrected chi connectivity index (χ3v) is 5.41. The molecule has 1 aliphatic rings. The van der Waals surface area contributed by atoms with Gasteiger partial charge in [-0.1, -0.05) is 42.5 Å². The lowest BCUT2D eigenvalue weighted by atomic mass is 10.1. The molecule has 5 N–H and O–H groups in total. The molecular weight excluding hydrogens is 404 g/mol. The summed E-state index contributed by atoms with van der Waals surface area (Å²) in [5, 5.41) is 9.17. The number of piperidine rings is 1. The van der Waals surface area contributed by atoms with Crippen LogP contribution in [0, 0.1) is 0 Å². The summed E-state index contributed by atoms with van der Waals surface area (Å²) in [6.07, 6.45) is 3.23. The summed E-state index contributed by atoms with van der Waals surface area (Å²) >= 11 is 0. The van der Waals surface area contributed by atoms with Crippen LogP contribution in [0.4, 0.5) is 5.82 Å². The Kier molecular flexibility index (Phi) is 6.72. The maximum atomic E-state index is 12.7. The van der Waals surface area contributed by atoms with Gasteiger partial charge in [-0.05, 0) is 43.6 Å². The van der Waals surface area contributed by atoms with Crippen LogP contribution in [-0.2, 0) is 6.54 Å². The van der Waals surface area contributed by atoms with Crippen molar-refractivity contribution in [2.24, 2.45) is 0 Å². The van der Waals surface area contributed by atoms with Gasteiger partial charge in [0.2, 0.25) is 0 Å². The molecule has 2 aromatic carbocycles. The third kappa shape index (κ3) is 5.28. The normalized spacial score (nSPS) is 14.0. The molecule has 3 aromatic rings. The predicted molar refractivity (Wildman–Crippen MR) is 123 cm³/mol. The molecule has 32 heavy (non-hydrogen) atoms. The average Bonchev–Trinajstić information content (AvgIpc) is 2.84. The number of hydrogen-bond acceptors (Lipinski definition) is 6. The van der Waals surface area contributed by atoms with Crippen molar-refractivity contribution in [2.75, 3.05) is 18.8 Å². The van der Waals surface area contributed by atoms with E-state index in [-0.39, 0.29) is 29.4 Å².